The predicted octanol–water partition coefficient (Wildman–Crippen LogP) is 1.06. The van der Waals surface area contributed by atoms with E-state index in [1.807, 2.05) is 0 Å². The van der Waals surface area contributed by atoms with Gasteiger partial charge >= 0.3 is 0 Å². The van der Waals surface area contributed by atoms with E-state index in [2.05, 4.69) is 25.9 Å². The zero-order valence-corrected chi connectivity index (χ0v) is 14.7. The highest BCUT2D eigenvalue weighted by atomic mass is 35.5. The Morgan fingerprint density at radius 2 is 1.77 bits per heavy atom. The van der Waals surface area contributed by atoms with Crippen molar-refractivity contribution in [3.8, 4) is 0 Å². The zero-order chi connectivity index (χ0) is 17.6. The van der Waals surface area contributed by atoms with Crippen molar-refractivity contribution >= 4 is 24.2 Å². The fourth-order valence-corrected chi connectivity index (χ4v) is 2.57. The molecule has 0 radical (unpaired) electrons. The molecule has 138 valence electrons. The Morgan fingerprint density at radius 1 is 1.12 bits per heavy atom. The van der Waals surface area contributed by atoms with Gasteiger partial charge in [-0.1, -0.05) is 12.1 Å². The maximum Gasteiger partial charge on any atom is 0.272 e. The zero-order valence-electron chi connectivity index (χ0n) is 13.9. The third kappa shape index (κ3) is 4.96. The molecule has 0 bridgehead atoms. The van der Waals surface area contributed by atoms with Crippen molar-refractivity contribution in [1.82, 2.24) is 25.9 Å². The number of hydrogen-bond acceptors (Lipinski definition) is 5. The Kier molecular flexibility index (Phi) is 6.99. The first-order valence-electron chi connectivity index (χ1n) is 7.98. The lowest BCUT2D eigenvalue weighted by Crippen LogP contribution is -2.38. The molecule has 3 N–H and O–H groups in total. The number of hydrogen-bond donors (Lipinski definition) is 3. The van der Waals surface area contributed by atoms with Crippen LogP contribution in [0.1, 0.15) is 33.0 Å². The molecule has 7 nitrogen and oxygen atoms in total. The topological polar surface area (TPSA) is 96.0 Å². The van der Waals surface area contributed by atoms with Crippen LogP contribution in [0.3, 0.4) is 0 Å². The maximum absolute atomic E-state index is 12.9. The van der Waals surface area contributed by atoms with E-state index in [1.54, 1.807) is 12.1 Å². The first-order valence-corrected chi connectivity index (χ1v) is 7.98. The molecule has 1 saturated heterocycles. The second kappa shape index (κ2) is 9.21. The quantitative estimate of drug-likeness (QED) is 0.722. The normalized spacial score (nSPS) is 15.8. The summed E-state index contributed by atoms with van der Waals surface area (Å²) in [5.41, 5.74) is 0.695. The van der Waals surface area contributed by atoms with E-state index in [4.69, 9.17) is 0 Å². The van der Waals surface area contributed by atoms with Crippen molar-refractivity contribution < 1.29 is 14.0 Å². The average molecular weight is 380 g/mol. The molecule has 0 saturated carbocycles. The second-order valence-electron chi connectivity index (χ2n) is 5.73. The summed E-state index contributed by atoms with van der Waals surface area (Å²) in [6.07, 6.45) is 3.57. The minimum absolute atomic E-state index is 0. The number of nitrogens with zero attached hydrogens (tertiary/aromatic N) is 2. The lowest BCUT2D eigenvalue weighted by atomic mass is 10.2. The molecule has 1 unspecified atom stereocenters. The second-order valence-corrected chi connectivity index (χ2v) is 5.73. The van der Waals surface area contributed by atoms with Gasteiger partial charge in [0.25, 0.3) is 11.8 Å². The summed E-state index contributed by atoms with van der Waals surface area (Å²) < 4.78 is 12.9. The maximum atomic E-state index is 12.9. The van der Waals surface area contributed by atoms with Gasteiger partial charge in [0.05, 0.1) is 0 Å². The largest absolute Gasteiger partial charge is 0.347 e. The van der Waals surface area contributed by atoms with Gasteiger partial charge < -0.3 is 16.0 Å². The van der Waals surface area contributed by atoms with Crippen LogP contribution < -0.4 is 16.0 Å². The number of aromatic nitrogens is 2. The highest BCUT2D eigenvalue weighted by molar-refractivity contribution is 6.04. The van der Waals surface area contributed by atoms with Crippen LogP contribution in [0.2, 0.25) is 0 Å². The predicted molar refractivity (Wildman–Crippen MR) is 95.6 cm³/mol. The standard InChI is InChI=1S/C17H18FN5O2.ClH/c18-12-3-1-11(2-4-12)9-22-16(24)14-15(21-8-7-20-14)17(25)23-13-5-6-19-10-13;/h1-4,7-8,13,19H,5-6,9-10H2,(H,22,24)(H,23,25);1H. The van der Waals surface area contributed by atoms with Gasteiger partial charge in [0.1, 0.15) is 5.82 Å². The SMILES string of the molecule is Cl.O=C(NCc1ccc(F)cc1)c1nccnc1C(=O)NC1CCNC1. The molecule has 1 aliphatic rings. The van der Waals surface area contributed by atoms with Crippen LogP contribution in [0.4, 0.5) is 4.39 Å². The average Bonchev–Trinajstić information content (AvgIpc) is 3.14. The number of halogens is 2. The highest BCUT2D eigenvalue weighted by Gasteiger charge is 2.23. The van der Waals surface area contributed by atoms with Crippen molar-refractivity contribution in [3.05, 3.63) is 59.4 Å². The number of carbonyl (C=O) groups excluding carboxylic acids is 2. The molecule has 2 heterocycles. The molecular weight excluding hydrogens is 361 g/mol. The van der Waals surface area contributed by atoms with Gasteiger partial charge in [0.2, 0.25) is 0 Å². The Hall–Kier alpha value is -2.58. The van der Waals surface area contributed by atoms with Crippen molar-refractivity contribution in [2.24, 2.45) is 0 Å². The Balaban J connectivity index is 0.00000243. The summed E-state index contributed by atoms with van der Waals surface area (Å²) in [6, 6.07) is 5.81. The number of carbonyl (C=O) groups is 2. The van der Waals surface area contributed by atoms with Crippen molar-refractivity contribution in [3.63, 3.8) is 0 Å². The minimum Gasteiger partial charge on any atom is -0.347 e. The molecule has 26 heavy (non-hydrogen) atoms. The van der Waals surface area contributed by atoms with E-state index >= 15 is 0 Å². The summed E-state index contributed by atoms with van der Waals surface area (Å²) >= 11 is 0. The van der Waals surface area contributed by atoms with Crippen LogP contribution in [0.15, 0.2) is 36.7 Å². The number of rotatable bonds is 5. The fraction of sp³-hybridized carbons (Fsp3) is 0.294. The van der Waals surface area contributed by atoms with E-state index in [0.29, 0.717) is 6.54 Å². The van der Waals surface area contributed by atoms with Gasteiger partial charge in [-0.3, -0.25) is 9.59 Å². The van der Waals surface area contributed by atoms with Gasteiger partial charge in [-0.25, -0.2) is 14.4 Å². The van der Waals surface area contributed by atoms with Gasteiger partial charge in [-0.05, 0) is 30.7 Å². The third-order valence-corrected chi connectivity index (χ3v) is 3.89. The monoisotopic (exact) mass is 379 g/mol. The molecule has 2 aromatic rings. The molecule has 0 aliphatic carbocycles. The minimum atomic E-state index is -0.507. The van der Waals surface area contributed by atoms with E-state index < -0.39 is 11.8 Å². The molecule has 1 aliphatic heterocycles. The first-order chi connectivity index (χ1) is 12.1. The van der Waals surface area contributed by atoms with Gasteiger partial charge in [-0.2, -0.15) is 0 Å². The molecule has 1 aromatic carbocycles. The Labute approximate surface area is 156 Å². The number of benzene rings is 1. The molecular formula is C17H19ClFN5O2. The fourth-order valence-electron chi connectivity index (χ4n) is 2.57. The molecule has 9 heteroatoms. The van der Waals surface area contributed by atoms with Crippen molar-refractivity contribution in [2.75, 3.05) is 13.1 Å². The van der Waals surface area contributed by atoms with Crippen LogP contribution >= 0.6 is 12.4 Å². The molecule has 3 rings (SSSR count). The van der Waals surface area contributed by atoms with E-state index in [0.717, 1.165) is 18.5 Å². The van der Waals surface area contributed by atoms with Crippen LogP contribution in [-0.4, -0.2) is 40.9 Å². The summed E-state index contributed by atoms with van der Waals surface area (Å²) in [4.78, 5) is 32.7. The summed E-state index contributed by atoms with van der Waals surface area (Å²) in [5, 5.41) is 8.66. The number of amides is 2. The Morgan fingerprint density at radius 3 is 2.38 bits per heavy atom. The van der Waals surface area contributed by atoms with Gasteiger partial charge in [-0.15, -0.1) is 12.4 Å². The molecule has 1 aromatic heterocycles. The molecule has 1 fully saturated rings. The first kappa shape index (κ1) is 19.7. The molecule has 1 atom stereocenters. The van der Waals surface area contributed by atoms with Gasteiger partial charge in [0, 0.05) is 31.5 Å². The highest BCUT2D eigenvalue weighted by Crippen LogP contribution is 2.06. The van der Waals surface area contributed by atoms with Crippen molar-refractivity contribution in [1.29, 1.82) is 0 Å². The smallest absolute Gasteiger partial charge is 0.272 e. The van der Waals surface area contributed by atoms with E-state index in [1.165, 1.54) is 24.5 Å². The van der Waals surface area contributed by atoms with Crippen molar-refractivity contribution in [2.45, 2.75) is 19.0 Å². The summed E-state index contributed by atoms with van der Waals surface area (Å²) in [5.74, 6) is -1.27. The van der Waals surface area contributed by atoms with Crippen LogP contribution in [0.5, 0.6) is 0 Å². The lowest BCUT2D eigenvalue weighted by molar-refractivity contribution is 0.0902. The van der Waals surface area contributed by atoms with Gasteiger partial charge in [0.15, 0.2) is 11.4 Å². The third-order valence-electron chi connectivity index (χ3n) is 3.89. The van der Waals surface area contributed by atoms with E-state index in [9.17, 15) is 14.0 Å². The Bertz CT molecular complexity index is 766. The van der Waals surface area contributed by atoms with Crippen LogP contribution in [0.25, 0.3) is 0 Å². The molecule has 2 amide bonds. The molecule has 0 spiro atoms. The lowest BCUT2D eigenvalue weighted by Gasteiger charge is -2.12. The summed E-state index contributed by atoms with van der Waals surface area (Å²) in [7, 11) is 0. The van der Waals surface area contributed by atoms with E-state index in [-0.39, 0.29) is 42.2 Å². The number of nitrogens with one attached hydrogen (secondary N) is 3. The van der Waals surface area contributed by atoms with Crippen LogP contribution in [0, 0.1) is 5.82 Å². The van der Waals surface area contributed by atoms with Crippen LogP contribution in [-0.2, 0) is 6.54 Å². The summed E-state index contributed by atoms with van der Waals surface area (Å²) in [6.45, 7) is 1.73.